The molecule has 1 aromatic carbocycles. The SMILES string of the molecule is CCCCNc1nc(NCCCO)nc(Nc2ccc(C(=O)NCCOCCOCCN)cc2)n1. The lowest BCUT2D eigenvalue weighted by Gasteiger charge is -2.11. The molecule has 7 N–H and O–H groups in total. The molecule has 2 rings (SSSR count). The minimum absolute atomic E-state index is 0.0853. The fraction of sp³-hybridized carbons (Fsp3) is 0.565. The molecule has 1 aromatic heterocycles. The van der Waals surface area contributed by atoms with Gasteiger partial charge in [0.15, 0.2) is 0 Å². The van der Waals surface area contributed by atoms with Crippen LogP contribution in [0.1, 0.15) is 36.5 Å². The summed E-state index contributed by atoms with van der Waals surface area (Å²) in [6.45, 7) is 6.25. The topological polar surface area (TPSA) is 169 Å². The second kappa shape index (κ2) is 17.4. The van der Waals surface area contributed by atoms with E-state index in [1.165, 1.54) is 0 Å². The molecule has 0 unspecified atom stereocenters. The van der Waals surface area contributed by atoms with E-state index in [4.69, 9.17) is 20.3 Å². The summed E-state index contributed by atoms with van der Waals surface area (Å²) in [7, 11) is 0. The molecule has 12 nitrogen and oxygen atoms in total. The first kappa shape index (κ1) is 28.2. The Labute approximate surface area is 206 Å². The molecule has 0 saturated carbocycles. The summed E-state index contributed by atoms with van der Waals surface area (Å²) >= 11 is 0. The molecule has 35 heavy (non-hydrogen) atoms. The molecule has 0 aliphatic heterocycles. The first-order valence-corrected chi connectivity index (χ1v) is 12.0. The number of nitrogens with two attached hydrogens (primary N) is 1. The molecule has 0 bridgehead atoms. The van der Waals surface area contributed by atoms with Crippen molar-refractivity contribution in [1.82, 2.24) is 20.3 Å². The molecule has 0 spiro atoms. The van der Waals surface area contributed by atoms with Gasteiger partial charge in [0.05, 0.1) is 26.4 Å². The number of unbranched alkanes of at least 4 members (excludes halogenated alkanes) is 1. The Bertz CT molecular complexity index is 826. The van der Waals surface area contributed by atoms with E-state index in [1.54, 1.807) is 24.3 Å². The van der Waals surface area contributed by atoms with Crippen LogP contribution >= 0.6 is 0 Å². The van der Waals surface area contributed by atoms with Gasteiger partial charge in [0.2, 0.25) is 17.8 Å². The number of rotatable bonds is 19. The van der Waals surface area contributed by atoms with Gasteiger partial charge >= 0.3 is 0 Å². The van der Waals surface area contributed by atoms with E-state index in [2.05, 4.69) is 43.1 Å². The summed E-state index contributed by atoms with van der Waals surface area (Å²) in [5.74, 6) is 1.07. The molecular formula is C23H38N8O4. The van der Waals surface area contributed by atoms with Crippen molar-refractivity contribution in [2.24, 2.45) is 5.73 Å². The third-order valence-electron chi connectivity index (χ3n) is 4.64. The molecule has 2 aromatic rings. The largest absolute Gasteiger partial charge is 0.396 e. The van der Waals surface area contributed by atoms with Gasteiger partial charge in [0.1, 0.15) is 0 Å². The van der Waals surface area contributed by atoms with Crippen molar-refractivity contribution in [3.05, 3.63) is 29.8 Å². The Morgan fingerprint density at radius 3 is 2.14 bits per heavy atom. The predicted octanol–water partition coefficient (Wildman–Crippen LogP) is 1.34. The fourth-order valence-electron chi connectivity index (χ4n) is 2.82. The van der Waals surface area contributed by atoms with Crippen LogP contribution in [0, 0.1) is 0 Å². The van der Waals surface area contributed by atoms with Crippen molar-refractivity contribution in [3.8, 4) is 0 Å². The Balaban J connectivity index is 1.87. The minimum atomic E-state index is -0.183. The second-order valence-corrected chi connectivity index (χ2v) is 7.56. The van der Waals surface area contributed by atoms with Gasteiger partial charge in [0, 0.05) is 44.0 Å². The number of carbonyl (C=O) groups excluding carboxylic acids is 1. The van der Waals surface area contributed by atoms with Crippen LogP contribution < -0.4 is 27.0 Å². The van der Waals surface area contributed by atoms with Gasteiger partial charge in [-0.1, -0.05) is 13.3 Å². The van der Waals surface area contributed by atoms with Gasteiger partial charge in [-0.3, -0.25) is 4.79 Å². The zero-order valence-corrected chi connectivity index (χ0v) is 20.4. The molecule has 0 fully saturated rings. The highest BCUT2D eigenvalue weighted by Crippen LogP contribution is 2.17. The molecule has 0 atom stereocenters. The maximum absolute atomic E-state index is 12.3. The average Bonchev–Trinajstić information content (AvgIpc) is 2.86. The summed E-state index contributed by atoms with van der Waals surface area (Å²) in [4.78, 5) is 25.5. The normalized spacial score (nSPS) is 10.7. The molecule has 1 heterocycles. The molecular weight excluding hydrogens is 452 g/mol. The summed E-state index contributed by atoms with van der Waals surface area (Å²) in [6, 6.07) is 7.02. The third kappa shape index (κ3) is 11.8. The zero-order valence-electron chi connectivity index (χ0n) is 20.4. The summed E-state index contributed by atoms with van der Waals surface area (Å²) in [5.41, 5.74) is 6.61. The summed E-state index contributed by atoms with van der Waals surface area (Å²) in [5, 5.41) is 21.3. The maximum Gasteiger partial charge on any atom is 0.251 e. The van der Waals surface area contributed by atoms with E-state index in [9.17, 15) is 4.79 Å². The lowest BCUT2D eigenvalue weighted by atomic mass is 10.2. The van der Waals surface area contributed by atoms with Crippen molar-refractivity contribution >= 4 is 29.4 Å². The number of anilines is 4. The highest BCUT2D eigenvalue weighted by atomic mass is 16.5. The van der Waals surface area contributed by atoms with Crippen LogP contribution in [-0.4, -0.2) is 85.2 Å². The number of carbonyl (C=O) groups is 1. The molecule has 0 saturated heterocycles. The van der Waals surface area contributed by atoms with Gasteiger partial charge in [-0.05, 0) is 37.1 Å². The van der Waals surface area contributed by atoms with Crippen LogP contribution in [0.2, 0.25) is 0 Å². The monoisotopic (exact) mass is 490 g/mol. The van der Waals surface area contributed by atoms with Gasteiger partial charge < -0.3 is 41.6 Å². The smallest absolute Gasteiger partial charge is 0.251 e. The number of nitrogens with zero attached hydrogens (tertiary/aromatic N) is 3. The molecule has 12 heteroatoms. The minimum Gasteiger partial charge on any atom is -0.396 e. The van der Waals surface area contributed by atoms with Crippen LogP contribution in [-0.2, 0) is 9.47 Å². The molecule has 1 amide bonds. The van der Waals surface area contributed by atoms with Crippen LogP contribution in [0.25, 0.3) is 0 Å². The standard InChI is InChI=1S/C23H38N8O4/c1-2-3-10-26-21-29-22(27-11-4-13-32)31-23(30-21)28-19-7-5-18(6-8-19)20(33)25-12-15-35-17-16-34-14-9-24/h5-8,32H,2-4,9-17,24H2,1H3,(H,25,33)(H3,26,27,28,29,30,31). The van der Waals surface area contributed by atoms with Crippen molar-refractivity contribution in [2.45, 2.75) is 26.2 Å². The van der Waals surface area contributed by atoms with Crippen LogP contribution in [0.4, 0.5) is 23.5 Å². The van der Waals surface area contributed by atoms with Crippen LogP contribution in [0.15, 0.2) is 24.3 Å². The van der Waals surface area contributed by atoms with E-state index < -0.39 is 0 Å². The summed E-state index contributed by atoms with van der Waals surface area (Å²) < 4.78 is 10.6. The van der Waals surface area contributed by atoms with Gasteiger partial charge in [-0.25, -0.2) is 0 Å². The Hall–Kier alpha value is -3.06. The number of aliphatic hydroxyl groups excluding tert-OH is 1. The first-order chi connectivity index (χ1) is 17.2. The highest BCUT2D eigenvalue weighted by Gasteiger charge is 2.09. The predicted molar refractivity (Wildman–Crippen MR) is 136 cm³/mol. The van der Waals surface area contributed by atoms with Gasteiger partial charge in [-0.2, -0.15) is 15.0 Å². The fourth-order valence-corrected chi connectivity index (χ4v) is 2.82. The first-order valence-electron chi connectivity index (χ1n) is 12.0. The lowest BCUT2D eigenvalue weighted by Crippen LogP contribution is -2.27. The number of aromatic nitrogens is 3. The van der Waals surface area contributed by atoms with E-state index >= 15 is 0 Å². The Kier molecular flexibility index (Phi) is 14.0. The second-order valence-electron chi connectivity index (χ2n) is 7.56. The van der Waals surface area contributed by atoms with Crippen molar-refractivity contribution in [2.75, 3.05) is 75.2 Å². The number of ether oxygens (including phenoxy) is 2. The summed E-state index contributed by atoms with van der Waals surface area (Å²) in [6.07, 6.45) is 2.65. The van der Waals surface area contributed by atoms with Crippen molar-refractivity contribution in [1.29, 1.82) is 0 Å². The van der Waals surface area contributed by atoms with E-state index in [0.29, 0.717) is 75.9 Å². The molecule has 0 radical (unpaired) electrons. The number of nitrogens with one attached hydrogen (secondary N) is 4. The molecule has 194 valence electrons. The van der Waals surface area contributed by atoms with E-state index in [-0.39, 0.29) is 12.5 Å². The Morgan fingerprint density at radius 1 is 0.886 bits per heavy atom. The van der Waals surface area contributed by atoms with Crippen molar-refractivity contribution in [3.63, 3.8) is 0 Å². The quantitative estimate of drug-likeness (QED) is 0.157. The lowest BCUT2D eigenvalue weighted by molar-refractivity contribution is 0.0511. The number of amides is 1. The van der Waals surface area contributed by atoms with Gasteiger partial charge in [-0.15, -0.1) is 0 Å². The molecule has 0 aliphatic rings. The number of benzene rings is 1. The Morgan fingerprint density at radius 2 is 1.51 bits per heavy atom. The average molecular weight is 491 g/mol. The number of hydrogen-bond donors (Lipinski definition) is 6. The van der Waals surface area contributed by atoms with Crippen LogP contribution in [0.3, 0.4) is 0 Å². The van der Waals surface area contributed by atoms with E-state index in [0.717, 1.165) is 25.1 Å². The van der Waals surface area contributed by atoms with Crippen LogP contribution in [0.5, 0.6) is 0 Å². The van der Waals surface area contributed by atoms with E-state index in [1.807, 2.05) is 0 Å². The zero-order chi connectivity index (χ0) is 25.1. The molecule has 0 aliphatic carbocycles. The van der Waals surface area contributed by atoms with Gasteiger partial charge in [0.25, 0.3) is 5.91 Å². The van der Waals surface area contributed by atoms with Crippen molar-refractivity contribution < 1.29 is 19.4 Å². The maximum atomic E-state index is 12.3. The third-order valence-corrected chi connectivity index (χ3v) is 4.64. The highest BCUT2D eigenvalue weighted by molar-refractivity contribution is 5.94. The number of aliphatic hydroxyl groups is 1. The number of hydrogen-bond acceptors (Lipinski definition) is 11.